The number of rotatable bonds is 4. The van der Waals surface area contributed by atoms with Gasteiger partial charge in [-0.25, -0.2) is 4.39 Å². The molecule has 1 aromatic carbocycles. The smallest absolute Gasteiger partial charge is 0.165 e. The molecule has 2 rings (SSSR count). The van der Waals surface area contributed by atoms with E-state index in [1.54, 1.807) is 12.3 Å². The van der Waals surface area contributed by atoms with Crippen LogP contribution in [0.15, 0.2) is 36.7 Å². The number of halogens is 2. The predicted molar refractivity (Wildman–Crippen MR) is 65.4 cm³/mol. The molecule has 5 heteroatoms. The van der Waals surface area contributed by atoms with Crippen LogP contribution in [0.2, 0.25) is 5.02 Å². The monoisotopic (exact) mass is 265 g/mol. The van der Waals surface area contributed by atoms with Crippen LogP contribution < -0.4 is 4.74 Å². The Morgan fingerprint density at radius 1 is 1.39 bits per heavy atom. The highest BCUT2D eigenvalue weighted by Gasteiger charge is 2.10. The Balaban J connectivity index is 2.21. The lowest BCUT2D eigenvalue weighted by Crippen LogP contribution is -2.01. The third-order valence-electron chi connectivity index (χ3n) is 2.35. The van der Waals surface area contributed by atoms with E-state index in [0.717, 1.165) is 0 Å². The Hall–Kier alpha value is -1.94. The highest BCUT2D eigenvalue weighted by molar-refractivity contribution is 6.31. The van der Waals surface area contributed by atoms with Gasteiger partial charge in [0.05, 0.1) is 10.6 Å². The van der Waals surface area contributed by atoms with E-state index < -0.39 is 5.82 Å². The largest absolute Gasteiger partial charge is 0.485 e. The molecule has 0 saturated carbocycles. The van der Waals surface area contributed by atoms with E-state index in [-0.39, 0.29) is 17.9 Å². The number of ether oxygens (including phenoxy) is 1. The van der Waals surface area contributed by atoms with Crippen molar-refractivity contribution in [3.8, 4) is 5.75 Å². The molecule has 0 radical (unpaired) electrons. The van der Waals surface area contributed by atoms with Crippen molar-refractivity contribution in [3.63, 3.8) is 0 Å². The number of para-hydroxylation sites is 1. The van der Waals surface area contributed by atoms with Crippen LogP contribution in [-0.4, -0.2) is 11.3 Å². The van der Waals surface area contributed by atoms with Crippen molar-refractivity contribution in [2.45, 2.75) is 6.61 Å². The number of pyridine rings is 1. The lowest BCUT2D eigenvalue weighted by Gasteiger charge is -2.10. The summed E-state index contributed by atoms with van der Waals surface area (Å²) >= 11 is 5.90. The lowest BCUT2D eigenvalue weighted by molar-refractivity contribution is 0.111. The van der Waals surface area contributed by atoms with Gasteiger partial charge in [0.15, 0.2) is 17.9 Å². The zero-order chi connectivity index (χ0) is 13.0. The average molecular weight is 266 g/mol. The Bertz CT molecular complexity index is 575. The number of carbonyl (C=O) groups is 1. The fourth-order valence-corrected chi connectivity index (χ4v) is 1.62. The summed E-state index contributed by atoms with van der Waals surface area (Å²) in [5, 5.41) is 0.432. The number of carbonyl (C=O) groups excluding carboxylic acids is 1. The zero-order valence-corrected chi connectivity index (χ0v) is 10.0. The quantitative estimate of drug-likeness (QED) is 0.797. The van der Waals surface area contributed by atoms with Crippen molar-refractivity contribution in [1.29, 1.82) is 0 Å². The maximum Gasteiger partial charge on any atom is 0.165 e. The van der Waals surface area contributed by atoms with Crippen molar-refractivity contribution in [1.82, 2.24) is 4.98 Å². The van der Waals surface area contributed by atoms with Crippen molar-refractivity contribution in [3.05, 3.63) is 58.6 Å². The minimum atomic E-state index is -0.579. The van der Waals surface area contributed by atoms with Gasteiger partial charge < -0.3 is 4.74 Å². The fourth-order valence-electron chi connectivity index (χ4n) is 1.44. The molecule has 0 aliphatic heterocycles. The van der Waals surface area contributed by atoms with Gasteiger partial charge >= 0.3 is 0 Å². The summed E-state index contributed by atoms with van der Waals surface area (Å²) in [6.07, 6.45) is 3.58. The Kier molecular flexibility index (Phi) is 3.89. The molecule has 18 heavy (non-hydrogen) atoms. The first-order chi connectivity index (χ1) is 8.72. The van der Waals surface area contributed by atoms with Crippen molar-refractivity contribution < 1.29 is 13.9 Å². The van der Waals surface area contributed by atoms with Gasteiger partial charge in [-0.05, 0) is 18.2 Å². The van der Waals surface area contributed by atoms with Gasteiger partial charge in [-0.15, -0.1) is 0 Å². The minimum Gasteiger partial charge on any atom is -0.485 e. The lowest BCUT2D eigenvalue weighted by atomic mass is 10.2. The summed E-state index contributed by atoms with van der Waals surface area (Å²) in [7, 11) is 0. The maximum atomic E-state index is 13.5. The maximum absolute atomic E-state index is 13.5. The molecule has 0 fully saturated rings. The first-order valence-corrected chi connectivity index (χ1v) is 5.55. The van der Waals surface area contributed by atoms with E-state index in [1.165, 1.54) is 24.4 Å². The molecule has 0 unspecified atom stereocenters. The van der Waals surface area contributed by atoms with Crippen LogP contribution in [0, 0.1) is 5.82 Å². The van der Waals surface area contributed by atoms with Gasteiger partial charge in [-0.3, -0.25) is 9.78 Å². The highest BCUT2D eigenvalue weighted by atomic mass is 35.5. The van der Waals surface area contributed by atoms with Gasteiger partial charge in [0.2, 0.25) is 0 Å². The van der Waals surface area contributed by atoms with Crippen LogP contribution in [0.3, 0.4) is 0 Å². The van der Waals surface area contributed by atoms with Crippen LogP contribution in [-0.2, 0) is 6.61 Å². The molecule has 0 aliphatic rings. The highest BCUT2D eigenvalue weighted by Crippen LogP contribution is 2.23. The van der Waals surface area contributed by atoms with Crippen LogP contribution in [0.25, 0.3) is 0 Å². The molecule has 0 bridgehead atoms. The van der Waals surface area contributed by atoms with Crippen LogP contribution in [0.4, 0.5) is 4.39 Å². The van der Waals surface area contributed by atoms with Crippen molar-refractivity contribution >= 4 is 17.9 Å². The summed E-state index contributed by atoms with van der Waals surface area (Å²) in [6, 6.07) is 5.84. The average Bonchev–Trinajstić information content (AvgIpc) is 2.39. The van der Waals surface area contributed by atoms with Crippen LogP contribution in [0.1, 0.15) is 15.9 Å². The first kappa shape index (κ1) is 12.5. The van der Waals surface area contributed by atoms with Crippen molar-refractivity contribution in [2.24, 2.45) is 0 Å². The third kappa shape index (κ3) is 2.65. The molecular formula is C13H9ClFNO2. The second-order valence-corrected chi connectivity index (χ2v) is 3.94. The molecule has 0 atom stereocenters. The van der Waals surface area contributed by atoms with Crippen LogP contribution >= 0.6 is 11.6 Å². The van der Waals surface area contributed by atoms with Gasteiger partial charge in [0.25, 0.3) is 0 Å². The van der Waals surface area contributed by atoms with Gasteiger partial charge in [0, 0.05) is 18.0 Å². The summed E-state index contributed by atoms with van der Waals surface area (Å²) in [4.78, 5) is 14.6. The number of aldehydes is 1. The van der Waals surface area contributed by atoms with Gasteiger partial charge in [0.1, 0.15) is 6.61 Å². The SMILES string of the molecule is O=Cc1cccc(F)c1OCc1ccncc1Cl. The number of benzene rings is 1. The van der Waals surface area contributed by atoms with Crippen molar-refractivity contribution in [2.75, 3.05) is 0 Å². The first-order valence-electron chi connectivity index (χ1n) is 5.17. The number of hydrogen-bond donors (Lipinski definition) is 0. The number of nitrogens with zero attached hydrogens (tertiary/aromatic N) is 1. The van der Waals surface area contributed by atoms with E-state index in [1.807, 2.05) is 0 Å². The molecule has 0 N–H and O–H groups in total. The summed E-state index contributed by atoms with van der Waals surface area (Å²) in [5.74, 6) is -0.648. The van der Waals surface area contributed by atoms with E-state index >= 15 is 0 Å². The molecule has 1 aromatic heterocycles. The molecule has 1 heterocycles. The molecule has 0 saturated heterocycles. The van der Waals surface area contributed by atoms with E-state index in [0.29, 0.717) is 16.9 Å². The van der Waals surface area contributed by atoms with Gasteiger partial charge in [-0.2, -0.15) is 0 Å². The second-order valence-electron chi connectivity index (χ2n) is 3.53. The van der Waals surface area contributed by atoms with E-state index in [9.17, 15) is 9.18 Å². The van der Waals surface area contributed by atoms with E-state index in [4.69, 9.17) is 16.3 Å². The summed E-state index contributed by atoms with van der Waals surface area (Å²) in [5.41, 5.74) is 0.840. The third-order valence-corrected chi connectivity index (χ3v) is 2.69. The fraction of sp³-hybridized carbons (Fsp3) is 0.0769. The molecule has 2 aromatic rings. The molecular weight excluding hydrogens is 257 g/mol. The predicted octanol–water partition coefficient (Wildman–Crippen LogP) is 3.27. The standard InChI is InChI=1S/C13H9ClFNO2/c14-11-6-16-5-4-10(11)8-18-13-9(7-17)2-1-3-12(13)15/h1-7H,8H2. The summed E-state index contributed by atoms with van der Waals surface area (Å²) in [6.45, 7) is 0.0725. The summed E-state index contributed by atoms with van der Waals surface area (Å²) < 4.78 is 18.8. The topological polar surface area (TPSA) is 39.2 Å². The van der Waals surface area contributed by atoms with Crippen LogP contribution in [0.5, 0.6) is 5.75 Å². The second kappa shape index (κ2) is 5.60. The molecule has 3 nitrogen and oxygen atoms in total. The molecule has 0 spiro atoms. The van der Waals surface area contributed by atoms with E-state index in [2.05, 4.69) is 4.98 Å². The normalized spacial score (nSPS) is 10.1. The molecule has 92 valence electrons. The zero-order valence-electron chi connectivity index (χ0n) is 9.27. The number of hydrogen-bond acceptors (Lipinski definition) is 3. The molecule has 0 aliphatic carbocycles. The minimum absolute atomic E-state index is 0.0691. The molecule has 0 amide bonds. The Morgan fingerprint density at radius 3 is 2.94 bits per heavy atom. The Labute approximate surface area is 108 Å². The Morgan fingerprint density at radius 2 is 2.22 bits per heavy atom. The van der Waals surface area contributed by atoms with Gasteiger partial charge in [-0.1, -0.05) is 17.7 Å². The number of aromatic nitrogens is 1.